The summed E-state index contributed by atoms with van der Waals surface area (Å²) < 4.78 is 1.30. The van der Waals surface area contributed by atoms with E-state index in [0.29, 0.717) is 16.7 Å². The summed E-state index contributed by atoms with van der Waals surface area (Å²) in [5, 5.41) is 11.7. The van der Waals surface area contributed by atoms with Crippen molar-refractivity contribution < 1.29 is 39.5 Å². The van der Waals surface area contributed by atoms with Gasteiger partial charge in [0.2, 0.25) is 0 Å². The van der Waals surface area contributed by atoms with Gasteiger partial charge in [-0.15, -0.1) is 0 Å². The molecule has 0 unspecified atom stereocenters. The van der Waals surface area contributed by atoms with Crippen LogP contribution >= 0.6 is 0 Å². The SMILES string of the molecule is Cc1nc2ccccc2c(=O)n1-c1ccccc1C(=O)[O-].[Na+]. The molecule has 0 bridgehead atoms. The molecule has 0 aliphatic rings. The molecule has 0 saturated heterocycles. The maximum absolute atomic E-state index is 12.6. The van der Waals surface area contributed by atoms with E-state index in [9.17, 15) is 14.7 Å². The number of carboxylic acid groups (broad SMARTS) is 1. The van der Waals surface area contributed by atoms with Crippen LogP contribution in [0.5, 0.6) is 0 Å². The fraction of sp³-hybridized carbons (Fsp3) is 0.0625. The van der Waals surface area contributed by atoms with Crippen LogP contribution in [0.1, 0.15) is 16.2 Å². The Morgan fingerprint density at radius 2 is 1.73 bits per heavy atom. The van der Waals surface area contributed by atoms with Crippen LogP contribution in [0.4, 0.5) is 0 Å². The molecule has 104 valence electrons. The summed E-state index contributed by atoms with van der Waals surface area (Å²) in [5.41, 5.74) is 0.506. The number of carbonyl (C=O) groups excluding carboxylic acids is 1. The molecular weight excluding hydrogens is 291 g/mol. The van der Waals surface area contributed by atoms with E-state index >= 15 is 0 Å². The van der Waals surface area contributed by atoms with E-state index in [4.69, 9.17) is 0 Å². The smallest absolute Gasteiger partial charge is 0.545 e. The zero-order valence-electron chi connectivity index (χ0n) is 12.2. The molecule has 0 atom stereocenters. The topological polar surface area (TPSA) is 75.0 Å². The Morgan fingerprint density at radius 1 is 1.09 bits per heavy atom. The fourth-order valence-corrected chi connectivity index (χ4v) is 2.37. The largest absolute Gasteiger partial charge is 1.00 e. The maximum atomic E-state index is 12.6. The summed E-state index contributed by atoms with van der Waals surface area (Å²) in [5.74, 6) is -0.905. The molecule has 0 saturated carbocycles. The predicted octanol–water partition coefficient (Wildman–Crippen LogP) is -1.94. The van der Waals surface area contributed by atoms with Crippen molar-refractivity contribution in [1.82, 2.24) is 9.55 Å². The number of carboxylic acids is 1. The zero-order valence-corrected chi connectivity index (χ0v) is 14.2. The van der Waals surface area contributed by atoms with Crippen molar-refractivity contribution in [2.75, 3.05) is 0 Å². The molecule has 5 nitrogen and oxygen atoms in total. The Balaban J connectivity index is 0.00000176. The summed E-state index contributed by atoms with van der Waals surface area (Å²) in [6.07, 6.45) is 0. The Kier molecular flexibility index (Phi) is 4.81. The van der Waals surface area contributed by atoms with Gasteiger partial charge in [0.25, 0.3) is 5.56 Å². The Bertz CT molecular complexity index is 919. The molecule has 0 aliphatic heterocycles. The Hall–Kier alpha value is -1.95. The minimum Gasteiger partial charge on any atom is -0.545 e. The van der Waals surface area contributed by atoms with E-state index < -0.39 is 5.97 Å². The molecule has 1 heterocycles. The number of carbonyl (C=O) groups is 1. The number of fused-ring (bicyclic) bond motifs is 1. The van der Waals surface area contributed by atoms with Crippen LogP contribution in [0.15, 0.2) is 53.3 Å². The van der Waals surface area contributed by atoms with Gasteiger partial charge in [0.15, 0.2) is 0 Å². The second kappa shape index (κ2) is 6.44. The molecule has 0 fully saturated rings. The number of aryl methyl sites for hydroxylation is 1. The molecule has 0 amide bonds. The maximum Gasteiger partial charge on any atom is 1.00 e. The summed E-state index contributed by atoms with van der Waals surface area (Å²) in [6, 6.07) is 13.2. The van der Waals surface area contributed by atoms with Crippen LogP contribution in [0, 0.1) is 6.92 Å². The third-order valence-corrected chi connectivity index (χ3v) is 3.31. The number of aromatic carboxylic acids is 1. The zero-order chi connectivity index (χ0) is 15.0. The van der Waals surface area contributed by atoms with E-state index in [-0.39, 0.29) is 46.4 Å². The standard InChI is InChI=1S/C16H12N2O3.Na/c1-10-17-13-8-4-2-6-11(13)15(19)18(10)14-9-5-3-7-12(14)16(20)21;/h2-9H,1H3,(H,20,21);/q;+1/p-1. The van der Waals surface area contributed by atoms with Crippen molar-refractivity contribution in [2.45, 2.75) is 6.92 Å². The van der Waals surface area contributed by atoms with E-state index in [1.165, 1.54) is 10.6 Å². The predicted molar refractivity (Wildman–Crippen MR) is 76.4 cm³/mol. The second-order valence-corrected chi connectivity index (χ2v) is 4.62. The second-order valence-electron chi connectivity index (χ2n) is 4.62. The minimum atomic E-state index is -1.33. The first kappa shape index (κ1) is 16.4. The number of para-hydroxylation sites is 2. The minimum absolute atomic E-state index is 0. The fourth-order valence-electron chi connectivity index (χ4n) is 2.37. The van der Waals surface area contributed by atoms with Crippen molar-refractivity contribution in [3.05, 3.63) is 70.3 Å². The van der Waals surface area contributed by atoms with Crippen LogP contribution < -0.4 is 40.2 Å². The van der Waals surface area contributed by atoms with E-state index in [1.807, 2.05) is 0 Å². The molecular formula is C16H11N2NaO3. The van der Waals surface area contributed by atoms with Crippen LogP contribution in [-0.4, -0.2) is 15.5 Å². The van der Waals surface area contributed by atoms with Gasteiger partial charge < -0.3 is 9.90 Å². The van der Waals surface area contributed by atoms with Gasteiger partial charge in [-0.1, -0.05) is 30.3 Å². The van der Waals surface area contributed by atoms with Gasteiger partial charge in [0.05, 0.1) is 22.6 Å². The summed E-state index contributed by atoms with van der Waals surface area (Å²) in [4.78, 5) is 28.2. The molecule has 0 N–H and O–H groups in total. The van der Waals surface area contributed by atoms with E-state index in [1.54, 1.807) is 49.4 Å². The molecule has 2 aromatic carbocycles. The van der Waals surface area contributed by atoms with Gasteiger partial charge in [0, 0.05) is 5.56 Å². The van der Waals surface area contributed by atoms with Gasteiger partial charge in [-0.2, -0.15) is 0 Å². The van der Waals surface area contributed by atoms with Crippen LogP contribution in [0.25, 0.3) is 16.6 Å². The first-order valence-corrected chi connectivity index (χ1v) is 6.39. The number of hydrogen-bond acceptors (Lipinski definition) is 4. The van der Waals surface area contributed by atoms with E-state index in [0.717, 1.165) is 0 Å². The number of benzene rings is 2. The van der Waals surface area contributed by atoms with Crippen molar-refractivity contribution in [1.29, 1.82) is 0 Å². The molecule has 6 heteroatoms. The summed E-state index contributed by atoms with van der Waals surface area (Å²) in [6.45, 7) is 1.67. The van der Waals surface area contributed by atoms with E-state index in [2.05, 4.69) is 4.98 Å². The quantitative estimate of drug-likeness (QED) is 0.516. The molecule has 1 aromatic heterocycles. The van der Waals surface area contributed by atoms with Crippen molar-refractivity contribution in [3.8, 4) is 5.69 Å². The third-order valence-electron chi connectivity index (χ3n) is 3.31. The van der Waals surface area contributed by atoms with Gasteiger partial charge in [-0.3, -0.25) is 9.36 Å². The number of aromatic nitrogens is 2. The Labute approximate surface area is 148 Å². The Morgan fingerprint density at radius 3 is 2.45 bits per heavy atom. The number of nitrogens with zero attached hydrogens (tertiary/aromatic N) is 2. The molecule has 0 spiro atoms. The molecule has 0 aliphatic carbocycles. The molecule has 22 heavy (non-hydrogen) atoms. The number of rotatable bonds is 2. The van der Waals surface area contributed by atoms with Crippen molar-refractivity contribution in [3.63, 3.8) is 0 Å². The number of hydrogen-bond donors (Lipinski definition) is 0. The van der Waals surface area contributed by atoms with Gasteiger partial charge >= 0.3 is 29.6 Å². The average molecular weight is 302 g/mol. The van der Waals surface area contributed by atoms with Crippen molar-refractivity contribution in [2.24, 2.45) is 0 Å². The van der Waals surface area contributed by atoms with Crippen LogP contribution in [0.3, 0.4) is 0 Å². The molecule has 3 rings (SSSR count). The first-order valence-electron chi connectivity index (χ1n) is 6.39. The van der Waals surface area contributed by atoms with Gasteiger partial charge in [-0.05, 0) is 25.1 Å². The van der Waals surface area contributed by atoms with Gasteiger partial charge in [-0.25, -0.2) is 4.98 Å². The molecule has 0 radical (unpaired) electrons. The van der Waals surface area contributed by atoms with Crippen LogP contribution in [0.2, 0.25) is 0 Å². The first-order chi connectivity index (χ1) is 10.1. The normalized spacial score (nSPS) is 10.2. The molecule has 3 aromatic rings. The van der Waals surface area contributed by atoms with Crippen LogP contribution in [-0.2, 0) is 0 Å². The monoisotopic (exact) mass is 302 g/mol. The summed E-state index contributed by atoms with van der Waals surface area (Å²) in [7, 11) is 0. The average Bonchev–Trinajstić information content (AvgIpc) is 2.47. The summed E-state index contributed by atoms with van der Waals surface area (Å²) >= 11 is 0. The van der Waals surface area contributed by atoms with Crippen molar-refractivity contribution >= 4 is 16.9 Å². The third kappa shape index (κ3) is 2.70. The van der Waals surface area contributed by atoms with Gasteiger partial charge in [0.1, 0.15) is 5.82 Å².